The Hall–Kier alpha value is -1.38. The summed E-state index contributed by atoms with van der Waals surface area (Å²) in [6.45, 7) is 6.61. The molecule has 2 N–H and O–H groups in total. The smallest absolute Gasteiger partial charge is 0.249 e. The standard InChI is InChI=1S/C21H36N2O/c1-4-7-10-13-17-16-23-19(15-12-9-6-3)18(14-11-8-5-2)20(17)21(22)24/h16H,4-15H2,1-3H3,(H2,22,24). The molecule has 0 bridgehead atoms. The average Bonchev–Trinajstić information content (AvgIpc) is 2.56. The van der Waals surface area contributed by atoms with Gasteiger partial charge in [-0.1, -0.05) is 59.3 Å². The predicted octanol–water partition coefficient (Wildman–Crippen LogP) is 5.38. The van der Waals surface area contributed by atoms with Crippen LogP contribution in [0.4, 0.5) is 0 Å². The number of carbonyl (C=O) groups is 1. The van der Waals surface area contributed by atoms with Gasteiger partial charge in [0.05, 0.1) is 0 Å². The topological polar surface area (TPSA) is 56.0 Å². The first-order valence-electron chi connectivity index (χ1n) is 9.95. The van der Waals surface area contributed by atoms with Crippen LogP contribution in [0.5, 0.6) is 0 Å². The van der Waals surface area contributed by atoms with Crippen molar-refractivity contribution >= 4 is 5.91 Å². The number of hydrogen-bond acceptors (Lipinski definition) is 2. The molecule has 0 saturated carbocycles. The number of carbonyl (C=O) groups excluding carboxylic acids is 1. The summed E-state index contributed by atoms with van der Waals surface area (Å²) >= 11 is 0. The van der Waals surface area contributed by atoms with Gasteiger partial charge in [-0.05, 0) is 49.7 Å². The van der Waals surface area contributed by atoms with E-state index in [1.165, 1.54) is 38.5 Å². The van der Waals surface area contributed by atoms with Crippen molar-refractivity contribution in [3.63, 3.8) is 0 Å². The monoisotopic (exact) mass is 332 g/mol. The van der Waals surface area contributed by atoms with Gasteiger partial charge in [-0.2, -0.15) is 0 Å². The Morgan fingerprint density at radius 2 is 1.42 bits per heavy atom. The number of rotatable bonds is 13. The molecule has 3 nitrogen and oxygen atoms in total. The van der Waals surface area contributed by atoms with Crippen LogP contribution in [0.2, 0.25) is 0 Å². The van der Waals surface area contributed by atoms with Gasteiger partial charge in [0.2, 0.25) is 5.91 Å². The van der Waals surface area contributed by atoms with Gasteiger partial charge in [0.25, 0.3) is 0 Å². The molecule has 136 valence electrons. The molecule has 1 rings (SSSR count). The summed E-state index contributed by atoms with van der Waals surface area (Å²) in [6.07, 6.45) is 15.2. The van der Waals surface area contributed by atoms with Crippen LogP contribution >= 0.6 is 0 Å². The largest absolute Gasteiger partial charge is 0.366 e. The molecule has 0 unspecified atom stereocenters. The van der Waals surface area contributed by atoms with Crippen molar-refractivity contribution in [1.82, 2.24) is 4.98 Å². The second-order valence-corrected chi connectivity index (χ2v) is 6.82. The minimum Gasteiger partial charge on any atom is -0.366 e. The van der Waals surface area contributed by atoms with Crippen molar-refractivity contribution in [2.24, 2.45) is 5.73 Å². The van der Waals surface area contributed by atoms with Crippen LogP contribution < -0.4 is 5.73 Å². The fourth-order valence-corrected chi connectivity index (χ4v) is 3.28. The number of hydrogen-bond donors (Lipinski definition) is 1. The maximum absolute atomic E-state index is 12.2. The Bertz CT molecular complexity index is 497. The number of aryl methyl sites for hydroxylation is 2. The number of nitrogens with two attached hydrogens (primary N) is 1. The SMILES string of the molecule is CCCCCc1cnc(CCCCC)c(CCCCC)c1C(N)=O. The van der Waals surface area contributed by atoms with Gasteiger partial charge < -0.3 is 5.73 Å². The third-order valence-electron chi connectivity index (χ3n) is 4.69. The number of pyridine rings is 1. The van der Waals surface area contributed by atoms with Gasteiger partial charge in [-0.25, -0.2) is 0 Å². The molecule has 0 saturated heterocycles. The average molecular weight is 333 g/mol. The molecule has 0 aliphatic rings. The Kier molecular flexibility index (Phi) is 10.4. The highest BCUT2D eigenvalue weighted by molar-refractivity contribution is 5.96. The maximum atomic E-state index is 12.2. The first-order valence-corrected chi connectivity index (χ1v) is 9.95. The lowest BCUT2D eigenvalue weighted by atomic mass is 9.92. The summed E-state index contributed by atoms with van der Waals surface area (Å²) < 4.78 is 0. The molecule has 0 atom stereocenters. The second kappa shape index (κ2) is 12.0. The fraction of sp³-hybridized carbons (Fsp3) is 0.714. The van der Waals surface area contributed by atoms with Crippen molar-refractivity contribution in [1.29, 1.82) is 0 Å². The first-order chi connectivity index (χ1) is 11.7. The normalized spacial score (nSPS) is 11.0. The van der Waals surface area contributed by atoms with Crippen LogP contribution in [0.3, 0.4) is 0 Å². The van der Waals surface area contributed by atoms with Crippen LogP contribution in [-0.2, 0) is 19.3 Å². The molecule has 0 fully saturated rings. The zero-order valence-electron chi connectivity index (χ0n) is 16.0. The van der Waals surface area contributed by atoms with Crippen molar-refractivity contribution in [2.45, 2.75) is 97.8 Å². The lowest BCUT2D eigenvalue weighted by Gasteiger charge is -2.16. The van der Waals surface area contributed by atoms with Gasteiger partial charge in [0, 0.05) is 17.5 Å². The van der Waals surface area contributed by atoms with Crippen LogP contribution in [0.1, 0.15) is 106 Å². The molecule has 1 amide bonds. The van der Waals surface area contributed by atoms with E-state index < -0.39 is 0 Å². The van der Waals surface area contributed by atoms with Gasteiger partial charge in [0.1, 0.15) is 0 Å². The molecule has 3 heteroatoms. The number of primary amides is 1. The summed E-state index contributed by atoms with van der Waals surface area (Å²) in [5, 5.41) is 0. The number of unbranched alkanes of at least 4 members (excludes halogenated alkanes) is 6. The minimum absolute atomic E-state index is 0.271. The Balaban J connectivity index is 3.09. The summed E-state index contributed by atoms with van der Waals surface area (Å²) in [6, 6.07) is 0. The quantitative estimate of drug-likeness (QED) is 0.493. The second-order valence-electron chi connectivity index (χ2n) is 6.82. The summed E-state index contributed by atoms with van der Waals surface area (Å²) in [7, 11) is 0. The van der Waals surface area contributed by atoms with Gasteiger partial charge in [0.15, 0.2) is 0 Å². The van der Waals surface area contributed by atoms with Crippen LogP contribution in [-0.4, -0.2) is 10.9 Å². The van der Waals surface area contributed by atoms with Crippen LogP contribution in [0, 0.1) is 0 Å². The highest BCUT2D eigenvalue weighted by Gasteiger charge is 2.18. The van der Waals surface area contributed by atoms with E-state index >= 15 is 0 Å². The first kappa shape index (κ1) is 20.7. The molecule has 0 radical (unpaired) electrons. The van der Waals surface area contributed by atoms with Crippen LogP contribution in [0.15, 0.2) is 6.20 Å². The molecule has 1 aromatic rings. The fourth-order valence-electron chi connectivity index (χ4n) is 3.28. The van der Waals surface area contributed by atoms with Crippen LogP contribution in [0.25, 0.3) is 0 Å². The number of nitrogens with zero attached hydrogens (tertiary/aromatic N) is 1. The molecular weight excluding hydrogens is 296 g/mol. The molecule has 0 aliphatic carbocycles. The zero-order chi connectivity index (χ0) is 17.8. The van der Waals surface area contributed by atoms with E-state index in [-0.39, 0.29) is 5.91 Å². The van der Waals surface area contributed by atoms with Gasteiger partial charge >= 0.3 is 0 Å². The van der Waals surface area contributed by atoms with E-state index in [2.05, 4.69) is 20.8 Å². The third kappa shape index (κ3) is 6.62. The molecule has 0 aliphatic heterocycles. The van der Waals surface area contributed by atoms with Gasteiger partial charge in [-0.3, -0.25) is 9.78 Å². The molecule has 1 aromatic heterocycles. The highest BCUT2D eigenvalue weighted by atomic mass is 16.1. The van der Waals surface area contributed by atoms with Crippen molar-refractivity contribution < 1.29 is 4.79 Å². The number of amides is 1. The van der Waals surface area contributed by atoms with Crippen molar-refractivity contribution in [2.75, 3.05) is 0 Å². The van der Waals surface area contributed by atoms with E-state index in [1.807, 2.05) is 6.20 Å². The third-order valence-corrected chi connectivity index (χ3v) is 4.69. The molecule has 0 aromatic carbocycles. The number of aromatic nitrogens is 1. The molecule has 1 heterocycles. The summed E-state index contributed by atoms with van der Waals surface area (Å²) in [4.78, 5) is 16.9. The minimum atomic E-state index is -0.271. The molecule has 0 spiro atoms. The predicted molar refractivity (Wildman–Crippen MR) is 102 cm³/mol. The highest BCUT2D eigenvalue weighted by Crippen LogP contribution is 2.23. The van der Waals surface area contributed by atoms with E-state index in [9.17, 15) is 4.79 Å². The van der Waals surface area contributed by atoms with E-state index in [4.69, 9.17) is 10.7 Å². The van der Waals surface area contributed by atoms with Gasteiger partial charge in [-0.15, -0.1) is 0 Å². The summed E-state index contributed by atoms with van der Waals surface area (Å²) in [5.41, 5.74) is 9.86. The summed E-state index contributed by atoms with van der Waals surface area (Å²) in [5.74, 6) is -0.271. The lowest BCUT2D eigenvalue weighted by molar-refractivity contribution is 0.0998. The molecular formula is C21H36N2O. The van der Waals surface area contributed by atoms with Crippen molar-refractivity contribution in [3.8, 4) is 0 Å². The Morgan fingerprint density at radius 1 is 0.875 bits per heavy atom. The Labute approximate surface area is 148 Å². The van der Waals surface area contributed by atoms with E-state index in [1.54, 1.807) is 0 Å². The Morgan fingerprint density at radius 3 is 1.96 bits per heavy atom. The maximum Gasteiger partial charge on any atom is 0.249 e. The van der Waals surface area contributed by atoms with Crippen molar-refractivity contribution in [3.05, 3.63) is 28.6 Å². The lowest BCUT2D eigenvalue weighted by Crippen LogP contribution is -2.19. The van der Waals surface area contributed by atoms with E-state index in [0.29, 0.717) is 0 Å². The van der Waals surface area contributed by atoms with E-state index in [0.717, 1.165) is 60.9 Å². The zero-order valence-corrected chi connectivity index (χ0v) is 16.0. The molecule has 24 heavy (non-hydrogen) atoms.